The Bertz CT molecular complexity index is 1170. The second-order valence-corrected chi connectivity index (χ2v) is 9.84. The number of hydrogen-bond donors (Lipinski definition) is 1. The summed E-state index contributed by atoms with van der Waals surface area (Å²) < 4.78 is 10.2. The average molecular weight is 515 g/mol. The molecule has 3 rings (SSSR count). The van der Waals surface area contributed by atoms with Gasteiger partial charge in [-0.2, -0.15) is 4.80 Å². The van der Waals surface area contributed by atoms with E-state index in [0.717, 1.165) is 4.80 Å². The monoisotopic (exact) mass is 514 g/mol. The van der Waals surface area contributed by atoms with Crippen LogP contribution in [-0.2, 0) is 25.7 Å². The molecule has 36 heavy (non-hydrogen) atoms. The van der Waals surface area contributed by atoms with Crippen LogP contribution in [0.3, 0.4) is 0 Å². The van der Waals surface area contributed by atoms with Crippen LogP contribution in [0.25, 0.3) is 11.4 Å². The molecule has 1 N–H and O–H groups in total. The van der Waals surface area contributed by atoms with E-state index in [2.05, 4.69) is 20.7 Å². The first-order valence-corrected chi connectivity index (χ1v) is 12.2. The molecule has 0 fully saturated rings. The first-order valence-electron chi connectivity index (χ1n) is 11.3. The number of ether oxygens (including phenoxy) is 2. The molecule has 0 bridgehead atoms. The van der Waals surface area contributed by atoms with E-state index in [1.165, 1.54) is 16.2 Å². The number of esters is 1. The van der Waals surface area contributed by atoms with Crippen LogP contribution >= 0.6 is 11.3 Å². The van der Waals surface area contributed by atoms with Crippen molar-refractivity contribution in [3.63, 3.8) is 0 Å². The Morgan fingerprint density at radius 1 is 1.17 bits per heavy atom. The quantitative estimate of drug-likeness (QED) is 0.409. The molecule has 0 radical (unpaired) electrons. The third-order valence-corrected chi connectivity index (χ3v) is 5.80. The summed E-state index contributed by atoms with van der Waals surface area (Å²) in [4.78, 5) is 42.2. The molecule has 11 nitrogen and oxygen atoms in total. The number of hydrogen-bond acceptors (Lipinski definition) is 9. The maximum Gasteiger partial charge on any atom is 0.325 e. The number of nitrogens with zero attached hydrogens (tertiary/aromatic N) is 5. The first-order chi connectivity index (χ1) is 17.1. The lowest BCUT2D eigenvalue weighted by Gasteiger charge is -2.32. The highest BCUT2D eigenvalue weighted by Crippen LogP contribution is 2.27. The molecule has 2 amide bonds. The van der Waals surface area contributed by atoms with Gasteiger partial charge in [-0.05, 0) is 68.6 Å². The molecule has 0 aliphatic heterocycles. The number of nitrogens with one attached hydrogen (secondary N) is 1. The summed E-state index contributed by atoms with van der Waals surface area (Å²) in [7, 11) is 1.57. The van der Waals surface area contributed by atoms with E-state index >= 15 is 0 Å². The molecule has 0 aliphatic carbocycles. The summed E-state index contributed by atoms with van der Waals surface area (Å²) in [6, 6.07) is 9.58. The van der Waals surface area contributed by atoms with Gasteiger partial charge in [-0.3, -0.25) is 14.4 Å². The fourth-order valence-corrected chi connectivity index (χ4v) is 4.19. The van der Waals surface area contributed by atoms with Crippen molar-refractivity contribution in [3.05, 3.63) is 46.7 Å². The highest BCUT2D eigenvalue weighted by molar-refractivity contribution is 7.10. The van der Waals surface area contributed by atoms with E-state index in [0.29, 0.717) is 22.0 Å². The molecule has 0 unspecified atom stereocenters. The molecule has 0 spiro atoms. The van der Waals surface area contributed by atoms with Gasteiger partial charge in [0.15, 0.2) is 0 Å². The number of tetrazole rings is 1. The van der Waals surface area contributed by atoms with E-state index in [-0.39, 0.29) is 13.2 Å². The Morgan fingerprint density at radius 3 is 2.47 bits per heavy atom. The lowest BCUT2D eigenvalue weighted by Crippen LogP contribution is -2.51. The zero-order valence-electron chi connectivity index (χ0n) is 20.9. The topological polar surface area (TPSA) is 129 Å². The Labute approximate surface area is 213 Å². The highest BCUT2D eigenvalue weighted by atomic mass is 32.1. The van der Waals surface area contributed by atoms with E-state index < -0.39 is 35.9 Å². The van der Waals surface area contributed by atoms with Gasteiger partial charge >= 0.3 is 5.97 Å². The van der Waals surface area contributed by atoms with Crippen LogP contribution in [0.1, 0.15) is 38.6 Å². The summed E-state index contributed by atoms with van der Waals surface area (Å²) in [5.41, 5.74) is 0.144. The largest absolute Gasteiger partial charge is 0.497 e. The van der Waals surface area contributed by atoms with Crippen LogP contribution in [0, 0.1) is 0 Å². The minimum absolute atomic E-state index is 0.147. The maximum absolute atomic E-state index is 13.5. The molecular weight excluding hydrogens is 484 g/mol. The predicted molar refractivity (Wildman–Crippen MR) is 133 cm³/mol. The Balaban J connectivity index is 1.88. The summed E-state index contributed by atoms with van der Waals surface area (Å²) in [5, 5.41) is 17.0. The van der Waals surface area contributed by atoms with E-state index in [9.17, 15) is 14.4 Å². The van der Waals surface area contributed by atoms with Crippen molar-refractivity contribution >= 4 is 29.1 Å². The average Bonchev–Trinajstić information content (AvgIpc) is 3.50. The van der Waals surface area contributed by atoms with Crippen molar-refractivity contribution < 1.29 is 23.9 Å². The summed E-state index contributed by atoms with van der Waals surface area (Å²) in [6.07, 6.45) is 0. The number of carbonyl (C=O) groups excluding carboxylic acids is 3. The SMILES string of the molecule is CCOC(=O)CN(C(=O)Cn1nnc(-c2ccc(OC)cc2)n1)[C@@H](C(=O)NC(C)(C)C)c1cccs1. The second kappa shape index (κ2) is 11.8. The number of amides is 2. The van der Waals surface area contributed by atoms with Crippen molar-refractivity contribution in [1.29, 1.82) is 0 Å². The summed E-state index contributed by atoms with van der Waals surface area (Å²) in [5.74, 6) is -0.564. The molecule has 12 heteroatoms. The summed E-state index contributed by atoms with van der Waals surface area (Å²) >= 11 is 1.31. The first kappa shape index (κ1) is 26.8. The fraction of sp³-hybridized carbons (Fsp3) is 0.417. The van der Waals surface area contributed by atoms with E-state index in [4.69, 9.17) is 9.47 Å². The third kappa shape index (κ3) is 7.11. The van der Waals surface area contributed by atoms with Crippen molar-refractivity contribution in [2.45, 2.75) is 45.8 Å². The fourth-order valence-electron chi connectivity index (χ4n) is 3.36. The third-order valence-electron chi connectivity index (χ3n) is 4.87. The molecule has 3 aromatic rings. The summed E-state index contributed by atoms with van der Waals surface area (Å²) in [6.45, 7) is 6.61. The van der Waals surface area contributed by atoms with Gasteiger partial charge in [0, 0.05) is 16.0 Å². The minimum Gasteiger partial charge on any atom is -0.497 e. The number of benzene rings is 1. The minimum atomic E-state index is -1.04. The van der Waals surface area contributed by atoms with Crippen molar-refractivity contribution in [2.24, 2.45) is 0 Å². The second-order valence-electron chi connectivity index (χ2n) is 8.86. The van der Waals surface area contributed by atoms with Crippen molar-refractivity contribution in [2.75, 3.05) is 20.3 Å². The Morgan fingerprint density at radius 2 is 1.89 bits per heavy atom. The molecule has 192 valence electrons. The lowest BCUT2D eigenvalue weighted by molar-refractivity contribution is -0.153. The number of carbonyl (C=O) groups is 3. The van der Waals surface area contributed by atoms with Gasteiger partial charge in [-0.25, -0.2) is 0 Å². The standard InChI is InChI=1S/C24H30N6O5S/c1-6-35-20(32)15-29(21(18-8-7-13-36-18)23(33)25-24(2,3)4)19(31)14-30-27-22(26-28-30)16-9-11-17(34-5)12-10-16/h7-13,21H,6,14-15H2,1-5H3,(H,25,33)/t21-/m1/s1. The van der Waals surface area contributed by atoms with Crippen LogP contribution in [0.4, 0.5) is 0 Å². The Kier molecular flexibility index (Phi) is 8.75. The molecule has 2 aromatic heterocycles. The maximum atomic E-state index is 13.5. The lowest BCUT2D eigenvalue weighted by atomic mass is 10.1. The van der Waals surface area contributed by atoms with Crippen molar-refractivity contribution in [1.82, 2.24) is 30.4 Å². The van der Waals surface area contributed by atoms with Crippen LogP contribution in [-0.4, -0.2) is 68.7 Å². The van der Waals surface area contributed by atoms with Gasteiger partial charge in [-0.15, -0.1) is 21.5 Å². The zero-order valence-corrected chi connectivity index (χ0v) is 21.7. The van der Waals surface area contributed by atoms with Crippen molar-refractivity contribution in [3.8, 4) is 17.1 Å². The molecule has 1 atom stereocenters. The molecule has 0 saturated carbocycles. The van der Waals surface area contributed by atoms with Crippen LogP contribution in [0.2, 0.25) is 0 Å². The van der Waals surface area contributed by atoms with Crippen LogP contribution in [0.15, 0.2) is 41.8 Å². The number of methoxy groups -OCH3 is 1. The number of rotatable bonds is 10. The normalized spacial score (nSPS) is 12.0. The molecule has 0 aliphatic rings. The molecule has 0 saturated heterocycles. The van der Waals surface area contributed by atoms with Gasteiger partial charge in [0.1, 0.15) is 24.9 Å². The van der Waals surface area contributed by atoms with Gasteiger partial charge in [-0.1, -0.05) is 6.07 Å². The van der Waals surface area contributed by atoms with Gasteiger partial charge in [0.2, 0.25) is 17.6 Å². The Hall–Kier alpha value is -3.80. The highest BCUT2D eigenvalue weighted by Gasteiger charge is 2.35. The van der Waals surface area contributed by atoms with Gasteiger partial charge in [0.25, 0.3) is 0 Å². The number of aromatic nitrogens is 4. The van der Waals surface area contributed by atoms with Crippen LogP contribution in [0.5, 0.6) is 5.75 Å². The smallest absolute Gasteiger partial charge is 0.325 e. The van der Waals surface area contributed by atoms with Crippen LogP contribution < -0.4 is 10.1 Å². The van der Waals surface area contributed by atoms with Gasteiger partial charge in [0.05, 0.1) is 13.7 Å². The van der Waals surface area contributed by atoms with E-state index in [1.807, 2.05) is 20.8 Å². The van der Waals surface area contributed by atoms with E-state index in [1.54, 1.807) is 55.8 Å². The number of thiophene rings is 1. The zero-order chi connectivity index (χ0) is 26.3. The molecular formula is C24H30N6O5S. The molecule has 2 heterocycles. The van der Waals surface area contributed by atoms with Gasteiger partial charge < -0.3 is 19.7 Å². The predicted octanol–water partition coefficient (Wildman–Crippen LogP) is 2.46. The molecule has 1 aromatic carbocycles.